The molecular weight excluding hydrogens is 383 g/mol. The topological polar surface area (TPSA) is 64.5 Å². The average molecular weight is 409 g/mol. The van der Waals surface area contributed by atoms with E-state index in [0.29, 0.717) is 18.2 Å². The number of hydrogen-bond acceptors (Lipinski definition) is 6. The van der Waals surface area contributed by atoms with Crippen molar-refractivity contribution in [3.05, 3.63) is 30.1 Å². The number of rotatable bonds is 3. The molecule has 3 heterocycles. The Morgan fingerprint density at radius 1 is 1.14 bits per heavy atom. The number of nitrogens with zero attached hydrogens (tertiary/aromatic N) is 4. The van der Waals surface area contributed by atoms with Gasteiger partial charge in [-0.2, -0.15) is 13.2 Å². The van der Waals surface area contributed by atoms with Crippen molar-refractivity contribution < 1.29 is 18.3 Å². The van der Waals surface area contributed by atoms with E-state index in [1.807, 2.05) is 11.9 Å². The molecule has 0 amide bonds. The highest BCUT2D eigenvalue weighted by molar-refractivity contribution is 5.90. The molecule has 0 radical (unpaired) electrons. The number of aliphatic hydroxyl groups excluding tert-OH is 1. The second-order valence-electron chi connectivity index (χ2n) is 8.28. The van der Waals surface area contributed by atoms with E-state index in [-0.39, 0.29) is 23.1 Å². The lowest BCUT2D eigenvalue weighted by atomic mass is 9.94. The highest BCUT2D eigenvalue weighted by Gasteiger charge is 2.36. The Kier molecular flexibility index (Phi) is 5.39. The molecule has 29 heavy (non-hydrogen) atoms. The van der Waals surface area contributed by atoms with Gasteiger partial charge in [0.05, 0.1) is 11.3 Å². The molecule has 0 saturated carbocycles. The van der Waals surface area contributed by atoms with Gasteiger partial charge >= 0.3 is 6.18 Å². The molecule has 2 aliphatic heterocycles. The number of fused-ring (bicyclic) bond motifs is 1. The standard InChI is InChI=1S/C20H26F3N5O/c1-12-9-13(26-15-5-8-27(2)19(15)29)11-28(10-12)16-4-3-14(20(21,22)23)17-18(16)25-7-6-24-17/h3-4,6-7,12-13,15,19,26,29H,5,8-11H2,1-2H3/t12-,13+,15?,19?/m0/s1. The Bertz CT molecular complexity index is 877. The van der Waals surface area contributed by atoms with Gasteiger partial charge in [0.2, 0.25) is 0 Å². The number of nitrogens with one attached hydrogen (secondary N) is 1. The maximum atomic E-state index is 13.4. The summed E-state index contributed by atoms with van der Waals surface area (Å²) in [5.74, 6) is 0.353. The molecule has 1 aromatic carbocycles. The van der Waals surface area contributed by atoms with Crippen LogP contribution in [0.5, 0.6) is 0 Å². The van der Waals surface area contributed by atoms with Crippen LogP contribution in [0.1, 0.15) is 25.3 Å². The Balaban J connectivity index is 1.61. The van der Waals surface area contributed by atoms with E-state index in [1.165, 1.54) is 18.5 Å². The summed E-state index contributed by atoms with van der Waals surface area (Å²) >= 11 is 0. The molecule has 2 fully saturated rings. The van der Waals surface area contributed by atoms with Crippen LogP contribution >= 0.6 is 0 Å². The summed E-state index contributed by atoms with van der Waals surface area (Å²) in [5.41, 5.74) is 0.0635. The van der Waals surface area contributed by atoms with Crippen molar-refractivity contribution in [1.82, 2.24) is 20.2 Å². The molecule has 158 valence electrons. The predicted molar refractivity (Wildman–Crippen MR) is 104 cm³/mol. The zero-order valence-electron chi connectivity index (χ0n) is 16.5. The van der Waals surface area contributed by atoms with Gasteiger partial charge in [-0.1, -0.05) is 6.92 Å². The number of aliphatic hydroxyl groups is 1. The minimum atomic E-state index is -4.48. The summed E-state index contributed by atoms with van der Waals surface area (Å²) in [6.45, 7) is 4.36. The van der Waals surface area contributed by atoms with Crippen LogP contribution in [0.3, 0.4) is 0 Å². The highest BCUT2D eigenvalue weighted by atomic mass is 19.4. The van der Waals surface area contributed by atoms with E-state index in [1.54, 1.807) is 0 Å². The molecule has 2 aromatic rings. The van der Waals surface area contributed by atoms with Crippen molar-refractivity contribution in [2.24, 2.45) is 5.92 Å². The summed E-state index contributed by atoms with van der Waals surface area (Å²) in [6, 6.07) is 2.75. The van der Waals surface area contributed by atoms with Gasteiger partial charge in [-0.05, 0) is 37.9 Å². The van der Waals surface area contributed by atoms with E-state index < -0.39 is 18.0 Å². The number of likely N-dealkylation sites (N-methyl/N-ethyl adjacent to an activating group) is 1. The first kappa shape index (κ1) is 20.3. The van der Waals surface area contributed by atoms with Crippen LogP contribution < -0.4 is 10.2 Å². The highest BCUT2D eigenvalue weighted by Crippen LogP contribution is 2.37. The molecule has 4 atom stereocenters. The number of halogens is 3. The molecule has 1 aromatic heterocycles. The quantitative estimate of drug-likeness (QED) is 0.812. The zero-order chi connectivity index (χ0) is 20.8. The SMILES string of the molecule is C[C@H]1C[C@@H](NC2CCN(C)C2O)CN(c2ccc(C(F)(F)F)c3nccnc23)C1. The van der Waals surface area contributed by atoms with Gasteiger partial charge in [0.25, 0.3) is 0 Å². The van der Waals surface area contributed by atoms with Crippen molar-refractivity contribution in [3.8, 4) is 0 Å². The maximum Gasteiger partial charge on any atom is 0.418 e. The summed E-state index contributed by atoms with van der Waals surface area (Å²) in [7, 11) is 1.90. The third-order valence-electron chi connectivity index (χ3n) is 5.96. The summed E-state index contributed by atoms with van der Waals surface area (Å²) in [5, 5.41) is 13.9. The van der Waals surface area contributed by atoms with Gasteiger partial charge in [-0.3, -0.25) is 14.9 Å². The smallest absolute Gasteiger partial charge is 0.377 e. The number of benzene rings is 1. The monoisotopic (exact) mass is 409 g/mol. The first-order chi connectivity index (χ1) is 13.7. The Morgan fingerprint density at radius 3 is 2.52 bits per heavy atom. The van der Waals surface area contributed by atoms with Crippen LogP contribution in [0.15, 0.2) is 24.5 Å². The number of piperidine rings is 1. The fourth-order valence-corrected chi connectivity index (χ4v) is 4.60. The molecule has 0 aliphatic carbocycles. The van der Waals surface area contributed by atoms with Gasteiger partial charge in [0, 0.05) is 44.1 Å². The lowest BCUT2D eigenvalue weighted by molar-refractivity contribution is -0.136. The van der Waals surface area contributed by atoms with Crippen molar-refractivity contribution in [3.63, 3.8) is 0 Å². The number of likely N-dealkylation sites (tertiary alicyclic amines) is 1. The molecule has 0 bridgehead atoms. The van der Waals surface area contributed by atoms with Gasteiger partial charge in [0.15, 0.2) is 0 Å². The molecule has 0 spiro atoms. The number of anilines is 1. The van der Waals surface area contributed by atoms with Crippen LogP contribution in [0.25, 0.3) is 11.0 Å². The lowest BCUT2D eigenvalue weighted by Crippen LogP contribution is -2.54. The largest absolute Gasteiger partial charge is 0.418 e. The van der Waals surface area contributed by atoms with E-state index in [4.69, 9.17) is 0 Å². The molecule has 2 unspecified atom stereocenters. The molecule has 2 saturated heterocycles. The maximum absolute atomic E-state index is 13.4. The zero-order valence-corrected chi connectivity index (χ0v) is 16.5. The second-order valence-corrected chi connectivity index (χ2v) is 8.28. The number of alkyl halides is 3. The van der Waals surface area contributed by atoms with E-state index in [0.717, 1.165) is 32.0 Å². The van der Waals surface area contributed by atoms with Crippen LogP contribution in [-0.4, -0.2) is 65.0 Å². The van der Waals surface area contributed by atoms with Crippen molar-refractivity contribution in [2.45, 2.75) is 44.3 Å². The first-order valence-corrected chi connectivity index (χ1v) is 9.94. The third kappa shape index (κ3) is 4.04. The fraction of sp³-hybridized carbons (Fsp3) is 0.600. The molecule has 4 rings (SSSR count). The molecule has 6 nitrogen and oxygen atoms in total. The van der Waals surface area contributed by atoms with Crippen molar-refractivity contribution in [1.29, 1.82) is 0 Å². The minimum absolute atomic E-state index is 0.00120. The van der Waals surface area contributed by atoms with Gasteiger partial charge in [0.1, 0.15) is 17.3 Å². The normalized spacial score (nSPS) is 29.0. The van der Waals surface area contributed by atoms with E-state index >= 15 is 0 Å². The summed E-state index contributed by atoms with van der Waals surface area (Å²) in [6.07, 6.45) is -0.442. The predicted octanol–water partition coefficient (Wildman–Crippen LogP) is 2.48. The van der Waals surface area contributed by atoms with Crippen LogP contribution in [0, 0.1) is 5.92 Å². The first-order valence-electron chi connectivity index (χ1n) is 9.94. The molecular formula is C20H26F3N5O. The third-order valence-corrected chi connectivity index (χ3v) is 5.96. The van der Waals surface area contributed by atoms with Crippen molar-refractivity contribution >= 4 is 16.7 Å². The van der Waals surface area contributed by atoms with Gasteiger partial charge in [-0.15, -0.1) is 0 Å². The average Bonchev–Trinajstić information content (AvgIpc) is 2.98. The minimum Gasteiger partial charge on any atom is -0.377 e. The Labute approximate surface area is 167 Å². The van der Waals surface area contributed by atoms with Crippen LogP contribution in [0.2, 0.25) is 0 Å². The summed E-state index contributed by atoms with van der Waals surface area (Å²) in [4.78, 5) is 12.2. The van der Waals surface area contributed by atoms with Gasteiger partial charge in [-0.25, -0.2) is 0 Å². The lowest BCUT2D eigenvalue weighted by Gasteiger charge is -2.40. The molecule has 2 N–H and O–H groups in total. The summed E-state index contributed by atoms with van der Waals surface area (Å²) < 4.78 is 40.2. The van der Waals surface area contributed by atoms with Crippen LogP contribution in [0.4, 0.5) is 18.9 Å². The second kappa shape index (κ2) is 7.70. The van der Waals surface area contributed by atoms with Crippen molar-refractivity contribution in [2.75, 3.05) is 31.6 Å². The fourth-order valence-electron chi connectivity index (χ4n) is 4.60. The molecule has 9 heteroatoms. The van der Waals surface area contributed by atoms with Crippen LogP contribution in [-0.2, 0) is 6.18 Å². The number of hydrogen-bond donors (Lipinski definition) is 2. The van der Waals surface area contributed by atoms with E-state index in [9.17, 15) is 18.3 Å². The molecule has 2 aliphatic rings. The van der Waals surface area contributed by atoms with Gasteiger partial charge < -0.3 is 15.3 Å². The van der Waals surface area contributed by atoms with E-state index in [2.05, 4.69) is 27.1 Å². The Morgan fingerprint density at radius 2 is 1.86 bits per heavy atom. The number of aromatic nitrogens is 2. The Hall–Kier alpha value is -1.97.